The number of ether oxygens (including phenoxy) is 1. The maximum absolute atomic E-state index is 8.96. The molecule has 9 nitrogen and oxygen atoms in total. The normalized spacial score (nSPS) is 25.2. The van der Waals surface area contributed by atoms with Crippen LogP contribution in [0.2, 0.25) is 0 Å². The van der Waals surface area contributed by atoms with E-state index in [2.05, 4.69) is 50.3 Å². The summed E-state index contributed by atoms with van der Waals surface area (Å²) in [5.41, 5.74) is -0.640. The van der Waals surface area contributed by atoms with Crippen molar-refractivity contribution in [3.05, 3.63) is 0 Å². The van der Waals surface area contributed by atoms with Gasteiger partial charge in [-0.15, -0.1) is 0 Å². The second kappa shape index (κ2) is 17.5. The molecule has 2 aliphatic rings. The molecule has 34 heavy (non-hydrogen) atoms. The van der Waals surface area contributed by atoms with Gasteiger partial charge in [-0.25, -0.2) is 9.56 Å². The van der Waals surface area contributed by atoms with Crippen molar-refractivity contribution in [3.8, 4) is 6.07 Å². The van der Waals surface area contributed by atoms with Gasteiger partial charge in [0.1, 0.15) is 19.0 Å². The van der Waals surface area contributed by atoms with Crippen molar-refractivity contribution in [1.82, 2.24) is 9.57 Å². The average Bonchev–Trinajstić information content (AvgIpc) is 2.82. The van der Waals surface area contributed by atoms with Crippen LogP contribution in [0.3, 0.4) is 0 Å². The van der Waals surface area contributed by atoms with E-state index in [1.807, 2.05) is 6.79 Å². The minimum atomic E-state index is -1.34. The SMILES string of the molecule is C=O.CC(C)N(C(C)C)P(OCCC#N)OC[C@@]1(COOI)CN(C2CCCCC2)C[C@H](C)O1. The molecular weight excluding hydrogens is 572 g/mol. The first-order chi connectivity index (χ1) is 16.3. The van der Waals surface area contributed by atoms with Crippen molar-refractivity contribution in [1.29, 1.82) is 5.26 Å². The highest BCUT2D eigenvalue weighted by molar-refractivity contribution is 14.1. The Kier molecular flexibility index (Phi) is 16.5. The van der Waals surface area contributed by atoms with Crippen LogP contribution in [0.1, 0.15) is 73.1 Å². The third-order valence-electron chi connectivity index (χ3n) is 5.99. The second-order valence-electron chi connectivity index (χ2n) is 9.48. The molecular formula is C23H43IN3O6P. The summed E-state index contributed by atoms with van der Waals surface area (Å²) in [7, 11) is -1.34. The molecule has 1 saturated heterocycles. The first kappa shape index (κ1) is 32.1. The Morgan fingerprint density at radius 1 is 1.18 bits per heavy atom. The Morgan fingerprint density at radius 2 is 1.82 bits per heavy atom. The fraction of sp³-hybridized carbons (Fsp3) is 0.913. The van der Waals surface area contributed by atoms with Gasteiger partial charge in [0.2, 0.25) is 0 Å². The Labute approximate surface area is 221 Å². The van der Waals surface area contributed by atoms with Gasteiger partial charge in [-0.2, -0.15) is 8.48 Å². The number of nitriles is 1. The summed E-state index contributed by atoms with van der Waals surface area (Å²) >= 11 is 1.74. The molecule has 11 heteroatoms. The molecule has 198 valence electrons. The molecule has 2 rings (SSSR count). The van der Waals surface area contributed by atoms with Gasteiger partial charge < -0.3 is 18.6 Å². The fourth-order valence-corrected chi connectivity index (χ4v) is 6.62. The molecule has 2 fully saturated rings. The number of carbonyl (C=O) groups is 1. The van der Waals surface area contributed by atoms with Crippen molar-refractivity contribution in [2.75, 3.05) is 32.9 Å². The van der Waals surface area contributed by atoms with Crippen LogP contribution in [0.4, 0.5) is 0 Å². The number of hydrogen-bond donors (Lipinski definition) is 0. The predicted octanol–water partition coefficient (Wildman–Crippen LogP) is 5.18. The highest BCUT2D eigenvalue weighted by Gasteiger charge is 2.44. The summed E-state index contributed by atoms with van der Waals surface area (Å²) in [6.45, 7) is 15.3. The van der Waals surface area contributed by atoms with Gasteiger partial charge in [-0.05, 0) is 47.5 Å². The lowest BCUT2D eigenvalue weighted by Gasteiger charge is -2.48. The molecule has 0 N–H and O–H groups in total. The predicted molar refractivity (Wildman–Crippen MR) is 141 cm³/mol. The zero-order chi connectivity index (χ0) is 25.6. The quantitative estimate of drug-likeness (QED) is 0.0913. The summed E-state index contributed by atoms with van der Waals surface area (Å²) in [6.07, 6.45) is 6.82. The van der Waals surface area contributed by atoms with Crippen molar-refractivity contribution < 1.29 is 26.7 Å². The molecule has 1 saturated carbocycles. The molecule has 3 atom stereocenters. The largest absolute Gasteiger partial charge is 0.364 e. The van der Waals surface area contributed by atoms with Crippen LogP contribution in [-0.4, -0.2) is 79.1 Å². The van der Waals surface area contributed by atoms with Gasteiger partial charge >= 0.3 is 0 Å². The molecule has 0 aromatic carbocycles. The van der Waals surface area contributed by atoms with E-state index in [9.17, 15) is 0 Å². The Bertz CT molecular complexity index is 586. The Morgan fingerprint density at radius 3 is 2.38 bits per heavy atom. The van der Waals surface area contributed by atoms with E-state index >= 15 is 0 Å². The summed E-state index contributed by atoms with van der Waals surface area (Å²) in [4.78, 5) is 16.0. The van der Waals surface area contributed by atoms with Crippen LogP contribution in [0, 0.1) is 11.3 Å². The highest BCUT2D eigenvalue weighted by Crippen LogP contribution is 2.47. The van der Waals surface area contributed by atoms with E-state index in [0.29, 0.717) is 25.7 Å². The van der Waals surface area contributed by atoms with Gasteiger partial charge in [0.25, 0.3) is 8.53 Å². The van der Waals surface area contributed by atoms with E-state index in [1.54, 1.807) is 23.0 Å². The minimum Gasteiger partial charge on any atom is -0.364 e. The molecule has 0 radical (unpaired) electrons. The third kappa shape index (κ3) is 10.6. The van der Waals surface area contributed by atoms with E-state index in [4.69, 9.17) is 31.9 Å². The van der Waals surface area contributed by atoms with Gasteiger partial charge in [-0.1, -0.05) is 19.3 Å². The summed E-state index contributed by atoms with van der Waals surface area (Å²) < 4.78 is 26.2. The summed E-state index contributed by atoms with van der Waals surface area (Å²) in [6, 6.07) is 3.24. The van der Waals surface area contributed by atoms with E-state index in [0.717, 1.165) is 13.1 Å². The van der Waals surface area contributed by atoms with Crippen molar-refractivity contribution in [3.63, 3.8) is 0 Å². The number of morpholine rings is 1. The van der Waals surface area contributed by atoms with Crippen LogP contribution < -0.4 is 0 Å². The number of halogens is 1. The third-order valence-corrected chi connectivity index (χ3v) is 8.30. The Hall–Kier alpha value is 0.0400. The Balaban J connectivity index is 0.00000281. The maximum Gasteiger partial charge on any atom is 0.259 e. The number of carbonyl (C=O) groups excluding carboxylic acids is 1. The molecule has 0 bridgehead atoms. The van der Waals surface area contributed by atoms with Gasteiger partial charge in [-0.3, -0.25) is 4.90 Å². The minimum absolute atomic E-state index is 0.0733. The zero-order valence-corrected chi connectivity index (χ0v) is 24.5. The standard InChI is InChI=1S/C22H41IN3O5P.CH2O/c1-18(2)26(19(3)4)32(28-13-9-12-24)29-17-22(16-27-31-23)15-25(14-20(5)30-22)21-10-7-6-8-11-21;1-2/h18-21H,6-11,13-17H2,1-5H3;1H2/t20-,22-,32?;/m0./s1. The number of nitrogens with zero attached hydrogens (tertiary/aromatic N) is 3. The lowest BCUT2D eigenvalue weighted by atomic mass is 9.91. The zero-order valence-electron chi connectivity index (χ0n) is 21.4. The van der Waals surface area contributed by atoms with Crippen molar-refractivity contribution in [2.45, 2.75) is 103 Å². The monoisotopic (exact) mass is 615 g/mol. The molecule has 0 spiro atoms. The molecule has 1 aliphatic heterocycles. The van der Waals surface area contributed by atoms with Crippen LogP contribution in [-0.2, 0) is 26.7 Å². The van der Waals surface area contributed by atoms with Crippen LogP contribution in [0.15, 0.2) is 0 Å². The lowest BCUT2D eigenvalue weighted by Crippen LogP contribution is -2.61. The van der Waals surface area contributed by atoms with Crippen LogP contribution >= 0.6 is 31.5 Å². The van der Waals surface area contributed by atoms with Gasteiger partial charge in [0.15, 0.2) is 23.0 Å². The molecule has 1 unspecified atom stereocenters. The van der Waals surface area contributed by atoms with Gasteiger partial charge in [0.05, 0.1) is 31.8 Å². The van der Waals surface area contributed by atoms with Crippen LogP contribution in [0.25, 0.3) is 0 Å². The molecule has 0 aromatic rings. The van der Waals surface area contributed by atoms with E-state index < -0.39 is 14.1 Å². The summed E-state index contributed by atoms with van der Waals surface area (Å²) in [5.74, 6) is 0. The first-order valence-corrected chi connectivity index (χ1v) is 14.1. The highest BCUT2D eigenvalue weighted by atomic mass is 127. The lowest BCUT2D eigenvalue weighted by molar-refractivity contribution is -0.258. The van der Waals surface area contributed by atoms with E-state index in [1.165, 1.54) is 32.1 Å². The number of rotatable bonds is 13. The topological polar surface area (TPSA) is 93.5 Å². The fourth-order valence-electron chi connectivity index (χ4n) is 4.81. The molecule has 0 amide bonds. The first-order valence-electron chi connectivity index (χ1n) is 12.1. The molecule has 1 heterocycles. The van der Waals surface area contributed by atoms with E-state index in [-0.39, 0.29) is 24.8 Å². The second-order valence-corrected chi connectivity index (χ2v) is 11.3. The van der Waals surface area contributed by atoms with Crippen LogP contribution in [0.5, 0.6) is 0 Å². The van der Waals surface area contributed by atoms with Gasteiger partial charge in [0, 0.05) is 31.2 Å². The number of hydrogen-bond acceptors (Lipinski definition) is 9. The molecule has 1 aliphatic carbocycles. The smallest absolute Gasteiger partial charge is 0.259 e. The maximum atomic E-state index is 8.96. The van der Waals surface area contributed by atoms with Crippen molar-refractivity contribution >= 4 is 38.3 Å². The average molecular weight is 615 g/mol. The van der Waals surface area contributed by atoms with Crippen molar-refractivity contribution in [2.24, 2.45) is 0 Å². The summed E-state index contributed by atoms with van der Waals surface area (Å²) in [5, 5.41) is 8.96. The molecule has 0 aromatic heterocycles.